The Morgan fingerprint density at radius 3 is 2.82 bits per heavy atom. The van der Waals surface area contributed by atoms with E-state index in [1.807, 2.05) is 12.1 Å². The quantitative estimate of drug-likeness (QED) is 0.898. The number of halogens is 1. The molecule has 1 aliphatic carbocycles. The van der Waals surface area contributed by atoms with Crippen LogP contribution in [-0.2, 0) is 0 Å². The Labute approximate surface area is 111 Å². The van der Waals surface area contributed by atoms with Crippen molar-refractivity contribution < 1.29 is 4.42 Å². The van der Waals surface area contributed by atoms with E-state index in [1.54, 1.807) is 0 Å². The zero-order chi connectivity index (χ0) is 12.5. The molecular formula is C13H21BrN2O. The van der Waals surface area contributed by atoms with Gasteiger partial charge in [0.1, 0.15) is 5.76 Å². The predicted octanol–water partition coefficient (Wildman–Crippen LogP) is 3.21. The summed E-state index contributed by atoms with van der Waals surface area (Å²) in [5.74, 6) is 0.920. The van der Waals surface area contributed by atoms with Gasteiger partial charge in [-0.05, 0) is 52.7 Å². The highest BCUT2D eigenvalue weighted by Crippen LogP contribution is 2.37. The fourth-order valence-electron chi connectivity index (χ4n) is 2.64. The van der Waals surface area contributed by atoms with E-state index in [4.69, 9.17) is 10.2 Å². The van der Waals surface area contributed by atoms with Crippen molar-refractivity contribution in [3.63, 3.8) is 0 Å². The number of nitrogens with one attached hydrogen (secondary N) is 1. The van der Waals surface area contributed by atoms with E-state index in [-0.39, 0.29) is 6.04 Å². The smallest absolute Gasteiger partial charge is 0.169 e. The van der Waals surface area contributed by atoms with Crippen LogP contribution in [0.25, 0.3) is 0 Å². The molecule has 3 N–H and O–H groups in total. The summed E-state index contributed by atoms with van der Waals surface area (Å²) in [7, 11) is 0. The molecule has 0 bridgehead atoms. The molecule has 96 valence electrons. The van der Waals surface area contributed by atoms with E-state index in [9.17, 15) is 0 Å². The molecule has 17 heavy (non-hydrogen) atoms. The third-order valence-corrected chi connectivity index (χ3v) is 4.00. The van der Waals surface area contributed by atoms with Crippen molar-refractivity contribution in [2.45, 2.75) is 45.2 Å². The molecule has 0 aromatic carbocycles. The molecule has 2 rings (SSSR count). The fraction of sp³-hybridized carbons (Fsp3) is 0.692. The molecule has 0 amide bonds. The molecule has 1 fully saturated rings. The van der Waals surface area contributed by atoms with Crippen molar-refractivity contribution >= 4 is 15.9 Å². The van der Waals surface area contributed by atoms with Gasteiger partial charge in [0.25, 0.3) is 0 Å². The maximum Gasteiger partial charge on any atom is 0.169 e. The highest BCUT2D eigenvalue weighted by atomic mass is 79.9. The van der Waals surface area contributed by atoms with Gasteiger partial charge in [-0.2, -0.15) is 0 Å². The van der Waals surface area contributed by atoms with Gasteiger partial charge in [0, 0.05) is 12.6 Å². The lowest BCUT2D eigenvalue weighted by atomic mass is 9.92. The van der Waals surface area contributed by atoms with Crippen molar-refractivity contribution in [3.8, 4) is 0 Å². The average Bonchev–Trinajstić information content (AvgIpc) is 2.81. The molecule has 4 heteroatoms. The van der Waals surface area contributed by atoms with Gasteiger partial charge >= 0.3 is 0 Å². The zero-order valence-electron chi connectivity index (χ0n) is 10.5. The van der Waals surface area contributed by atoms with Crippen molar-refractivity contribution in [2.24, 2.45) is 11.1 Å². The van der Waals surface area contributed by atoms with Crippen LogP contribution in [0.1, 0.15) is 44.9 Å². The van der Waals surface area contributed by atoms with Crippen LogP contribution in [0.3, 0.4) is 0 Å². The third kappa shape index (κ3) is 3.33. The highest BCUT2D eigenvalue weighted by Gasteiger charge is 2.32. The number of rotatable bonds is 4. The van der Waals surface area contributed by atoms with Crippen LogP contribution >= 0.6 is 15.9 Å². The molecule has 3 nitrogen and oxygen atoms in total. The van der Waals surface area contributed by atoms with Crippen LogP contribution in [0, 0.1) is 5.41 Å². The van der Waals surface area contributed by atoms with E-state index in [0.29, 0.717) is 18.0 Å². The first kappa shape index (κ1) is 13.1. The largest absolute Gasteiger partial charge is 0.453 e. The minimum Gasteiger partial charge on any atom is -0.453 e. The highest BCUT2D eigenvalue weighted by molar-refractivity contribution is 9.10. The molecule has 2 unspecified atom stereocenters. The monoisotopic (exact) mass is 300 g/mol. The molecule has 2 atom stereocenters. The second-order valence-corrected chi connectivity index (χ2v) is 6.48. The fourth-order valence-corrected chi connectivity index (χ4v) is 2.96. The summed E-state index contributed by atoms with van der Waals surface area (Å²) in [4.78, 5) is 0. The third-order valence-electron chi connectivity index (χ3n) is 3.58. The van der Waals surface area contributed by atoms with Gasteiger partial charge in [-0.15, -0.1) is 0 Å². The van der Waals surface area contributed by atoms with Crippen LogP contribution in [0.15, 0.2) is 21.2 Å². The average molecular weight is 301 g/mol. The number of hydrogen-bond acceptors (Lipinski definition) is 3. The minimum atomic E-state index is 0.125. The maximum absolute atomic E-state index is 5.82. The van der Waals surface area contributed by atoms with Gasteiger partial charge in [-0.1, -0.05) is 13.8 Å². The lowest BCUT2D eigenvalue weighted by molar-refractivity contribution is 0.335. The molecule has 0 spiro atoms. The van der Waals surface area contributed by atoms with Crippen LogP contribution < -0.4 is 11.1 Å². The molecule has 1 aromatic heterocycles. The Balaban J connectivity index is 1.97. The summed E-state index contributed by atoms with van der Waals surface area (Å²) in [6.45, 7) is 5.22. The summed E-state index contributed by atoms with van der Waals surface area (Å²) in [6.07, 6.45) is 3.72. The maximum atomic E-state index is 5.82. The minimum absolute atomic E-state index is 0.125. The van der Waals surface area contributed by atoms with Crippen molar-refractivity contribution in [3.05, 3.63) is 22.6 Å². The molecular weight excluding hydrogens is 280 g/mol. The van der Waals surface area contributed by atoms with Crippen molar-refractivity contribution in [1.29, 1.82) is 0 Å². The molecule has 0 saturated heterocycles. The van der Waals surface area contributed by atoms with Crippen molar-refractivity contribution in [2.75, 3.05) is 6.54 Å². The lowest BCUT2D eigenvalue weighted by Crippen LogP contribution is -2.35. The topological polar surface area (TPSA) is 51.2 Å². The summed E-state index contributed by atoms with van der Waals surface area (Å²) in [5.41, 5.74) is 6.28. The predicted molar refractivity (Wildman–Crippen MR) is 72.8 cm³/mol. The lowest BCUT2D eigenvalue weighted by Gasteiger charge is -2.22. The summed E-state index contributed by atoms with van der Waals surface area (Å²) in [5, 5.41) is 3.61. The Morgan fingerprint density at radius 2 is 2.35 bits per heavy atom. The Bertz CT molecular complexity index is 375. The molecule has 1 saturated carbocycles. The first-order valence-corrected chi connectivity index (χ1v) is 7.01. The van der Waals surface area contributed by atoms with E-state index >= 15 is 0 Å². The van der Waals surface area contributed by atoms with E-state index in [2.05, 4.69) is 35.1 Å². The second-order valence-electron chi connectivity index (χ2n) is 5.70. The first-order chi connectivity index (χ1) is 8.00. The van der Waals surface area contributed by atoms with Crippen LogP contribution in [-0.4, -0.2) is 12.6 Å². The zero-order valence-corrected chi connectivity index (χ0v) is 12.1. The van der Waals surface area contributed by atoms with Gasteiger partial charge in [-0.25, -0.2) is 0 Å². The first-order valence-electron chi connectivity index (χ1n) is 6.21. The molecule has 0 aliphatic heterocycles. The van der Waals surface area contributed by atoms with Crippen LogP contribution in [0.2, 0.25) is 0 Å². The van der Waals surface area contributed by atoms with Crippen LogP contribution in [0.4, 0.5) is 0 Å². The molecule has 1 aliphatic rings. The van der Waals surface area contributed by atoms with Gasteiger partial charge in [0.05, 0.1) is 6.04 Å². The van der Waals surface area contributed by atoms with Crippen molar-refractivity contribution in [1.82, 2.24) is 5.32 Å². The van der Waals surface area contributed by atoms with E-state index in [0.717, 1.165) is 10.4 Å². The standard InChI is InChI=1S/C13H21BrN2O/c1-13(2)6-5-9(7-13)16-10(8-15)11-3-4-12(14)17-11/h3-4,9-10,16H,5-8,15H2,1-2H3. The SMILES string of the molecule is CC1(C)CCC(NC(CN)c2ccc(Br)o2)C1. The molecule has 1 aromatic rings. The summed E-state index contributed by atoms with van der Waals surface area (Å²) >= 11 is 3.33. The van der Waals surface area contributed by atoms with Gasteiger partial charge < -0.3 is 15.5 Å². The second kappa shape index (κ2) is 5.12. The van der Waals surface area contributed by atoms with Gasteiger partial charge in [-0.3, -0.25) is 0 Å². The van der Waals surface area contributed by atoms with Crippen LogP contribution in [0.5, 0.6) is 0 Å². The summed E-state index contributed by atoms with van der Waals surface area (Å²) < 4.78 is 6.34. The Kier molecular flexibility index (Phi) is 3.95. The molecule has 0 radical (unpaired) electrons. The Morgan fingerprint density at radius 1 is 1.59 bits per heavy atom. The van der Waals surface area contributed by atoms with Gasteiger partial charge in [0.15, 0.2) is 4.67 Å². The Hall–Kier alpha value is -0.320. The normalized spacial score (nSPS) is 25.1. The van der Waals surface area contributed by atoms with E-state index < -0.39 is 0 Å². The summed E-state index contributed by atoms with van der Waals surface area (Å²) in [6, 6.07) is 4.58. The number of hydrogen-bond donors (Lipinski definition) is 2. The van der Waals surface area contributed by atoms with Gasteiger partial charge in [0.2, 0.25) is 0 Å². The van der Waals surface area contributed by atoms with E-state index in [1.165, 1.54) is 19.3 Å². The number of nitrogens with two attached hydrogens (primary N) is 1. The molecule has 1 heterocycles. The number of furan rings is 1.